The van der Waals surface area contributed by atoms with Gasteiger partial charge in [-0.1, -0.05) is 19.0 Å². The van der Waals surface area contributed by atoms with Gasteiger partial charge in [-0.15, -0.1) is 0 Å². The predicted octanol–water partition coefficient (Wildman–Crippen LogP) is 4.29. The summed E-state index contributed by atoms with van der Waals surface area (Å²) in [4.78, 5) is 4.56. The van der Waals surface area contributed by atoms with Crippen molar-refractivity contribution in [3.05, 3.63) is 53.3 Å². The predicted molar refractivity (Wildman–Crippen MR) is 107 cm³/mol. The van der Waals surface area contributed by atoms with Gasteiger partial charge in [-0.2, -0.15) is 4.98 Å². The van der Waals surface area contributed by atoms with Crippen molar-refractivity contribution in [3.8, 4) is 17.2 Å². The van der Waals surface area contributed by atoms with E-state index in [4.69, 9.17) is 9.26 Å². The molecule has 7 nitrogen and oxygen atoms in total. The highest BCUT2D eigenvalue weighted by molar-refractivity contribution is 7.92. The number of rotatable bonds is 6. The fraction of sp³-hybridized carbons (Fsp3) is 0.300. The number of hydrogen-bond donors (Lipinski definition) is 1. The lowest BCUT2D eigenvalue weighted by molar-refractivity contribution is 0.411. The van der Waals surface area contributed by atoms with Crippen LogP contribution in [0.15, 0.2) is 45.8 Å². The van der Waals surface area contributed by atoms with E-state index in [1.54, 1.807) is 50.4 Å². The smallest absolute Gasteiger partial charge is 0.262 e. The normalized spacial score (nSPS) is 11.6. The van der Waals surface area contributed by atoms with Gasteiger partial charge >= 0.3 is 0 Å². The maximum Gasteiger partial charge on any atom is 0.262 e. The van der Waals surface area contributed by atoms with Crippen molar-refractivity contribution >= 4 is 15.7 Å². The number of methoxy groups -OCH3 is 1. The van der Waals surface area contributed by atoms with E-state index in [-0.39, 0.29) is 10.8 Å². The molecule has 148 valence electrons. The molecule has 0 amide bonds. The highest BCUT2D eigenvalue weighted by Crippen LogP contribution is 2.28. The Hall–Kier alpha value is -2.87. The average molecular weight is 401 g/mol. The highest BCUT2D eigenvalue weighted by Gasteiger charge is 2.19. The first-order chi connectivity index (χ1) is 13.2. The number of aromatic nitrogens is 2. The van der Waals surface area contributed by atoms with Crippen molar-refractivity contribution in [2.45, 2.75) is 38.5 Å². The monoisotopic (exact) mass is 401 g/mol. The molecule has 0 aliphatic heterocycles. The summed E-state index contributed by atoms with van der Waals surface area (Å²) in [6, 6.07) is 10.1. The molecule has 3 aromatic rings. The van der Waals surface area contributed by atoms with Crippen molar-refractivity contribution in [2.24, 2.45) is 0 Å². The third-order valence-corrected chi connectivity index (χ3v) is 5.85. The van der Waals surface area contributed by atoms with E-state index in [0.29, 0.717) is 28.7 Å². The van der Waals surface area contributed by atoms with Crippen molar-refractivity contribution in [1.82, 2.24) is 10.1 Å². The molecule has 0 unspecified atom stereocenters. The van der Waals surface area contributed by atoms with Gasteiger partial charge in [0.1, 0.15) is 5.75 Å². The fourth-order valence-corrected chi connectivity index (χ4v) is 4.12. The summed E-state index contributed by atoms with van der Waals surface area (Å²) in [5.41, 5.74) is 2.53. The summed E-state index contributed by atoms with van der Waals surface area (Å²) in [6.07, 6.45) is 0. The van der Waals surface area contributed by atoms with Crippen LogP contribution in [-0.2, 0) is 10.0 Å². The first kappa shape index (κ1) is 19.9. The number of hydrogen-bond acceptors (Lipinski definition) is 6. The fourth-order valence-electron chi connectivity index (χ4n) is 2.75. The van der Waals surface area contributed by atoms with Gasteiger partial charge in [0, 0.05) is 17.2 Å². The van der Waals surface area contributed by atoms with Crippen LogP contribution in [0.25, 0.3) is 11.5 Å². The lowest BCUT2D eigenvalue weighted by Crippen LogP contribution is -2.14. The van der Waals surface area contributed by atoms with E-state index in [1.807, 2.05) is 20.8 Å². The summed E-state index contributed by atoms with van der Waals surface area (Å²) < 4.78 is 38.7. The molecule has 0 bridgehead atoms. The molecule has 0 atom stereocenters. The number of aryl methyl sites for hydroxylation is 2. The second-order valence-electron chi connectivity index (χ2n) is 6.88. The Morgan fingerprint density at radius 2 is 1.75 bits per heavy atom. The zero-order valence-electron chi connectivity index (χ0n) is 16.5. The summed E-state index contributed by atoms with van der Waals surface area (Å²) in [5.74, 6) is 1.85. The molecule has 2 aromatic carbocycles. The second kappa shape index (κ2) is 7.63. The first-order valence-electron chi connectivity index (χ1n) is 8.83. The van der Waals surface area contributed by atoms with Gasteiger partial charge in [0.05, 0.1) is 12.0 Å². The van der Waals surface area contributed by atoms with Crippen molar-refractivity contribution < 1.29 is 17.7 Å². The van der Waals surface area contributed by atoms with E-state index in [0.717, 1.165) is 11.1 Å². The van der Waals surface area contributed by atoms with Gasteiger partial charge < -0.3 is 9.26 Å². The Labute approximate surface area is 164 Å². The quantitative estimate of drug-likeness (QED) is 0.662. The molecule has 0 saturated carbocycles. The van der Waals surface area contributed by atoms with E-state index in [1.165, 1.54) is 0 Å². The largest absolute Gasteiger partial charge is 0.496 e. The molecular formula is C20H23N3O4S. The van der Waals surface area contributed by atoms with Gasteiger partial charge in [0.25, 0.3) is 15.9 Å². The van der Waals surface area contributed by atoms with Crippen molar-refractivity contribution in [2.75, 3.05) is 11.8 Å². The SMILES string of the molecule is COc1cc(C)c(S(=O)(=O)Nc2ccc(-c3nc(C(C)C)no3)cc2)cc1C. The van der Waals surface area contributed by atoms with Crippen LogP contribution in [0.3, 0.4) is 0 Å². The lowest BCUT2D eigenvalue weighted by Gasteiger charge is -2.13. The summed E-state index contributed by atoms with van der Waals surface area (Å²) in [6.45, 7) is 7.51. The maximum absolute atomic E-state index is 12.8. The average Bonchev–Trinajstić information content (AvgIpc) is 3.14. The van der Waals surface area contributed by atoms with Crippen LogP contribution in [0, 0.1) is 13.8 Å². The minimum atomic E-state index is -3.73. The summed E-state index contributed by atoms with van der Waals surface area (Å²) in [7, 11) is -2.17. The standard InChI is InChI=1S/C20H23N3O4S/c1-12(2)19-21-20(27-22-19)15-6-8-16(9-7-15)23-28(24,25)18-11-13(3)17(26-5)10-14(18)4/h6-12,23H,1-5H3. The molecule has 0 radical (unpaired) electrons. The molecule has 8 heteroatoms. The maximum atomic E-state index is 12.8. The molecule has 3 rings (SSSR count). The van der Waals surface area contributed by atoms with Gasteiger partial charge in [-0.25, -0.2) is 8.42 Å². The molecule has 1 aromatic heterocycles. The van der Waals surface area contributed by atoms with Gasteiger partial charge in [-0.3, -0.25) is 4.72 Å². The Morgan fingerprint density at radius 3 is 2.32 bits per heavy atom. The van der Waals surface area contributed by atoms with Crippen LogP contribution in [0.4, 0.5) is 5.69 Å². The van der Waals surface area contributed by atoms with Gasteiger partial charge in [-0.05, 0) is 61.4 Å². The molecule has 0 saturated heterocycles. The number of anilines is 1. The van der Waals surface area contributed by atoms with Gasteiger partial charge in [0.15, 0.2) is 5.82 Å². The molecule has 0 aliphatic carbocycles. The van der Waals surface area contributed by atoms with Crippen LogP contribution < -0.4 is 9.46 Å². The Kier molecular flexibility index (Phi) is 5.42. The zero-order valence-corrected chi connectivity index (χ0v) is 17.3. The Bertz CT molecular complexity index is 1090. The molecule has 1 N–H and O–H groups in total. The summed E-state index contributed by atoms with van der Waals surface area (Å²) >= 11 is 0. The van der Waals surface area contributed by atoms with Crippen LogP contribution in [0.2, 0.25) is 0 Å². The van der Waals surface area contributed by atoms with E-state index >= 15 is 0 Å². The van der Waals surface area contributed by atoms with Crippen LogP contribution >= 0.6 is 0 Å². The molecule has 0 aliphatic rings. The lowest BCUT2D eigenvalue weighted by atomic mass is 10.1. The van der Waals surface area contributed by atoms with Crippen LogP contribution in [-0.4, -0.2) is 25.7 Å². The highest BCUT2D eigenvalue weighted by atomic mass is 32.2. The molecule has 28 heavy (non-hydrogen) atoms. The number of ether oxygens (including phenoxy) is 1. The van der Waals surface area contributed by atoms with E-state index in [2.05, 4.69) is 14.9 Å². The minimum Gasteiger partial charge on any atom is -0.496 e. The van der Waals surface area contributed by atoms with Crippen LogP contribution in [0.5, 0.6) is 5.75 Å². The third-order valence-electron chi connectivity index (χ3n) is 4.32. The van der Waals surface area contributed by atoms with Crippen LogP contribution in [0.1, 0.15) is 36.7 Å². The second-order valence-corrected chi connectivity index (χ2v) is 8.53. The zero-order chi connectivity index (χ0) is 20.5. The third kappa shape index (κ3) is 4.01. The van der Waals surface area contributed by atoms with E-state index < -0.39 is 10.0 Å². The van der Waals surface area contributed by atoms with Crippen molar-refractivity contribution in [1.29, 1.82) is 0 Å². The topological polar surface area (TPSA) is 94.3 Å². The van der Waals surface area contributed by atoms with Crippen molar-refractivity contribution in [3.63, 3.8) is 0 Å². The minimum absolute atomic E-state index is 0.166. The molecular weight excluding hydrogens is 378 g/mol. The molecule has 0 spiro atoms. The number of nitrogens with one attached hydrogen (secondary N) is 1. The number of benzene rings is 2. The molecule has 1 heterocycles. The molecule has 0 fully saturated rings. The Morgan fingerprint density at radius 1 is 1.07 bits per heavy atom. The van der Waals surface area contributed by atoms with Gasteiger partial charge in [0.2, 0.25) is 0 Å². The summed E-state index contributed by atoms with van der Waals surface area (Å²) in [5, 5.41) is 3.94. The Balaban J connectivity index is 1.84. The van der Waals surface area contributed by atoms with E-state index in [9.17, 15) is 8.42 Å². The first-order valence-corrected chi connectivity index (χ1v) is 10.3. The number of nitrogens with zero attached hydrogens (tertiary/aromatic N) is 2. The number of sulfonamides is 1.